The van der Waals surface area contributed by atoms with E-state index in [1.54, 1.807) is 0 Å². The minimum atomic E-state index is -0.141. The fourth-order valence-electron chi connectivity index (χ4n) is 1.67. The Bertz CT molecular complexity index is 130. The summed E-state index contributed by atoms with van der Waals surface area (Å²) in [5, 5.41) is 9.28. The predicted molar refractivity (Wildman–Crippen MR) is 49.7 cm³/mol. The van der Waals surface area contributed by atoms with Crippen LogP contribution in [0.1, 0.15) is 32.6 Å². The summed E-state index contributed by atoms with van der Waals surface area (Å²) in [6, 6.07) is 0. The molecule has 3 nitrogen and oxygen atoms in total. The number of unbranched alkanes of at least 4 members (excludes halogenated alkanes) is 1. The second-order valence-corrected chi connectivity index (χ2v) is 3.65. The highest BCUT2D eigenvalue weighted by Crippen LogP contribution is 2.13. The van der Waals surface area contributed by atoms with Gasteiger partial charge in [0.25, 0.3) is 0 Å². The normalized spacial score (nSPS) is 27.8. The van der Waals surface area contributed by atoms with Crippen LogP contribution in [0.2, 0.25) is 0 Å². The minimum Gasteiger partial charge on any atom is -0.392 e. The number of nitrogens with two attached hydrogens (primary N) is 1. The maximum absolute atomic E-state index is 9.28. The first kappa shape index (κ1) is 9.96. The van der Waals surface area contributed by atoms with Crippen molar-refractivity contribution in [2.45, 2.75) is 44.9 Å². The van der Waals surface area contributed by atoms with Crippen molar-refractivity contribution in [3.63, 3.8) is 0 Å². The molecule has 0 aliphatic carbocycles. The van der Waals surface area contributed by atoms with Crippen molar-refractivity contribution < 1.29 is 5.11 Å². The van der Waals surface area contributed by atoms with Crippen molar-refractivity contribution in [2.75, 3.05) is 13.1 Å². The molecule has 0 radical (unpaired) electrons. The molecular formula is C9H20N2O. The van der Waals surface area contributed by atoms with Gasteiger partial charge >= 0.3 is 0 Å². The summed E-state index contributed by atoms with van der Waals surface area (Å²) in [5.74, 6) is 0. The number of nitrogens with zero attached hydrogens (tertiary/aromatic N) is 1. The molecule has 0 spiro atoms. The molecule has 1 saturated heterocycles. The molecule has 1 aliphatic rings. The van der Waals surface area contributed by atoms with Crippen LogP contribution in [0.25, 0.3) is 0 Å². The fourth-order valence-corrected chi connectivity index (χ4v) is 1.67. The molecule has 0 saturated carbocycles. The lowest BCUT2D eigenvalue weighted by Crippen LogP contribution is -2.40. The van der Waals surface area contributed by atoms with E-state index >= 15 is 0 Å². The zero-order valence-corrected chi connectivity index (χ0v) is 7.87. The molecule has 2 atom stereocenters. The summed E-state index contributed by atoms with van der Waals surface area (Å²) in [6.45, 7) is 3.91. The van der Waals surface area contributed by atoms with Crippen LogP contribution in [0.3, 0.4) is 0 Å². The maximum atomic E-state index is 9.28. The summed E-state index contributed by atoms with van der Waals surface area (Å²) in [4.78, 5) is 2.18. The van der Waals surface area contributed by atoms with Crippen LogP contribution in [0, 0.1) is 0 Å². The lowest BCUT2D eigenvalue weighted by molar-refractivity contribution is 0.156. The van der Waals surface area contributed by atoms with Crippen molar-refractivity contribution in [1.29, 1.82) is 0 Å². The molecule has 12 heavy (non-hydrogen) atoms. The van der Waals surface area contributed by atoms with Gasteiger partial charge < -0.3 is 10.8 Å². The van der Waals surface area contributed by atoms with Crippen LogP contribution < -0.4 is 5.73 Å². The van der Waals surface area contributed by atoms with Gasteiger partial charge in [0.15, 0.2) is 0 Å². The molecule has 1 heterocycles. The Morgan fingerprint density at radius 2 is 2.42 bits per heavy atom. The number of rotatable bonds is 4. The topological polar surface area (TPSA) is 49.5 Å². The number of hydrogen-bond donors (Lipinski definition) is 2. The molecule has 72 valence electrons. The molecule has 0 amide bonds. The van der Waals surface area contributed by atoms with Gasteiger partial charge in [-0.1, -0.05) is 19.8 Å². The molecule has 0 aromatic rings. The lowest BCUT2D eigenvalue weighted by Gasteiger charge is -2.23. The van der Waals surface area contributed by atoms with Gasteiger partial charge in [0.1, 0.15) is 0 Å². The number of β-amino-alcohol motifs (C(OH)–C–C–N with tert-alkyl or cyclic N) is 1. The quantitative estimate of drug-likeness (QED) is 0.650. The van der Waals surface area contributed by atoms with Crippen LogP contribution in [0.15, 0.2) is 0 Å². The Labute approximate surface area is 74.5 Å². The Morgan fingerprint density at radius 1 is 1.67 bits per heavy atom. The summed E-state index contributed by atoms with van der Waals surface area (Å²) < 4.78 is 0. The largest absolute Gasteiger partial charge is 0.392 e. The zero-order valence-electron chi connectivity index (χ0n) is 7.87. The molecule has 0 bridgehead atoms. The molecule has 1 aliphatic heterocycles. The molecule has 3 N–H and O–H groups in total. The highest BCUT2D eigenvalue weighted by molar-refractivity contribution is 4.77. The first-order valence-electron chi connectivity index (χ1n) is 4.91. The van der Waals surface area contributed by atoms with E-state index in [9.17, 15) is 5.11 Å². The average Bonchev–Trinajstić information content (AvgIpc) is 2.47. The third-order valence-corrected chi connectivity index (χ3v) is 2.52. The van der Waals surface area contributed by atoms with Gasteiger partial charge in [0.2, 0.25) is 0 Å². The Hall–Kier alpha value is -0.120. The van der Waals surface area contributed by atoms with E-state index in [1.165, 1.54) is 12.8 Å². The van der Waals surface area contributed by atoms with Crippen LogP contribution >= 0.6 is 0 Å². The van der Waals surface area contributed by atoms with Crippen molar-refractivity contribution in [1.82, 2.24) is 4.90 Å². The van der Waals surface area contributed by atoms with E-state index in [1.807, 2.05) is 0 Å². The smallest absolute Gasteiger partial charge is 0.0679 e. The second-order valence-electron chi connectivity index (χ2n) is 3.65. The van der Waals surface area contributed by atoms with Gasteiger partial charge in [-0.25, -0.2) is 0 Å². The van der Waals surface area contributed by atoms with E-state index in [0.29, 0.717) is 0 Å². The van der Waals surface area contributed by atoms with E-state index in [-0.39, 0.29) is 12.3 Å². The Kier molecular flexibility index (Phi) is 3.98. The van der Waals surface area contributed by atoms with Crippen LogP contribution in [0.5, 0.6) is 0 Å². The standard InChI is InChI=1S/C9H20N2O/c1-2-3-4-9(10)11-6-5-8(12)7-11/h8-9,12H,2-7,10H2,1H3. The molecule has 1 fully saturated rings. The van der Waals surface area contributed by atoms with Gasteiger partial charge in [-0.3, -0.25) is 4.90 Å². The van der Waals surface area contributed by atoms with Gasteiger partial charge in [-0.05, 0) is 12.8 Å². The number of aliphatic hydroxyl groups is 1. The summed E-state index contributed by atoms with van der Waals surface area (Å²) in [7, 11) is 0. The summed E-state index contributed by atoms with van der Waals surface area (Å²) in [5.41, 5.74) is 5.94. The first-order valence-corrected chi connectivity index (χ1v) is 4.91. The van der Waals surface area contributed by atoms with Crippen LogP contribution in [0.4, 0.5) is 0 Å². The number of likely N-dealkylation sites (tertiary alicyclic amines) is 1. The molecule has 0 aromatic heterocycles. The highest BCUT2D eigenvalue weighted by Gasteiger charge is 2.23. The first-order chi connectivity index (χ1) is 5.74. The number of hydrogen-bond acceptors (Lipinski definition) is 3. The van der Waals surface area contributed by atoms with Gasteiger partial charge in [-0.15, -0.1) is 0 Å². The van der Waals surface area contributed by atoms with Gasteiger partial charge in [-0.2, -0.15) is 0 Å². The van der Waals surface area contributed by atoms with E-state index in [0.717, 1.165) is 25.9 Å². The van der Waals surface area contributed by atoms with Crippen molar-refractivity contribution >= 4 is 0 Å². The zero-order chi connectivity index (χ0) is 8.97. The monoisotopic (exact) mass is 172 g/mol. The van der Waals surface area contributed by atoms with E-state index < -0.39 is 0 Å². The lowest BCUT2D eigenvalue weighted by atomic mass is 10.2. The second kappa shape index (κ2) is 4.80. The fraction of sp³-hybridized carbons (Fsp3) is 1.00. The van der Waals surface area contributed by atoms with Gasteiger partial charge in [0.05, 0.1) is 12.3 Å². The molecular weight excluding hydrogens is 152 g/mol. The SMILES string of the molecule is CCCCC(N)N1CCC(O)C1. The van der Waals surface area contributed by atoms with Crippen LogP contribution in [-0.4, -0.2) is 35.4 Å². The van der Waals surface area contributed by atoms with Crippen molar-refractivity contribution in [3.05, 3.63) is 0 Å². The highest BCUT2D eigenvalue weighted by atomic mass is 16.3. The van der Waals surface area contributed by atoms with Crippen molar-refractivity contribution in [3.8, 4) is 0 Å². The molecule has 2 unspecified atom stereocenters. The molecule has 0 aromatic carbocycles. The predicted octanol–water partition coefficient (Wildman–Crippen LogP) is 0.528. The molecule has 3 heteroatoms. The molecule has 1 rings (SSSR count). The maximum Gasteiger partial charge on any atom is 0.0679 e. The summed E-state index contributed by atoms with van der Waals surface area (Å²) >= 11 is 0. The van der Waals surface area contributed by atoms with E-state index in [2.05, 4.69) is 11.8 Å². The summed E-state index contributed by atoms with van der Waals surface area (Å²) in [6.07, 6.45) is 4.36. The average molecular weight is 172 g/mol. The van der Waals surface area contributed by atoms with Crippen LogP contribution in [-0.2, 0) is 0 Å². The van der Waals surface area contributed by atoms with E-state index in [4.69, 9.17) is 5.73 Å². The number of aliphatic hydroxyl groups excluding tert-OH is 1. The third-order valence-electron chi connectivity index (χ3n) is 2.52. The Morgan fingerprint density at radius 3 is 2.92 bits per heavy atom. The minimum absolute atomic E-state index is 0.141. The van der Waals surface area contributed by atoms with Gasteiger partial charge in [0, 0.05) is 13.1 Å². The third kappa shape index (κ3) is 2.73. The Balaban J connectivity index is 2.18. The van der Waals surface area contributed by atoms with Crippen molar-refractivity contribution in [2.24, 2.45) is 5.73 Å².